The first-order valence-corrected chi connectivity index (χ1v) is 12.0. The van der Waals surface area contributed by atoms with E-state index in [1.807, 2.05) is 36.4 Å². The minimum Gasteiger partial charge on any atom is -0.492 e. The number of unbranched alkanes of at least 4 members (excludes halogenated alkanes) is 3. The Morgan fingerprint density at radius 1 is 0.727 bits per heavy atom. The lowest BCUT2D eigenvalue weighted by molar-refractivity contribution is 0.313. The molecule has 0 amide bonds. The summed E-state index contributed by atoms with van der Waals surface area (Å²) in [6.07, 6.45) is 5.14. The maximum atomic E-state index is 5.90. The zero-order valence-electron chi connectivity index (χ0n) is 19.4. The Morgan fingerprint density at radius 2 is 1.42 bits per heavy atom. The second-order valence-corrected chi connectivity index (χ2v) is 8.22. The number of imidazole rings is 1. The highest BCUT2D eigenvalue weighted by Crippen LogP contribution is 2.33. The fraction of sp³-hybridized carbons (Fsp3) is 0.276. The molecule has 1 aromatic heterocycles. The van der Waals surface area contributed by atoms with Gasteiger partial charge in [0.15, 0.2) is 0 Å². The van der Waals surface area contributed by atoms with E-state index in [1.54, 1.807) is 0 Å². The predicted octanol–water partition coefficient (Wildman–Crippen LogP) is 6.96. The molecule has 0 unspecified atom stereocenters. The van der Waals surface area contributed by atoms with Crippen LogP contribution in [-0.4, -0.2) is 29.7 Å². The predicted molar refractivity (Wildman–Crippen MR) is 137 cm³/mol. The van der Waals surface area contributed by atoms with Gasteiger partial charge in [-0.2, -0.15) is 0 Å². The monoisotopic (exact) mass is 439 g/mol. The highest BCUT2D eigenvalue weighted by Gasteiger charge is 2.15. The summed E-state index contributed by atoms with van der Waals surface area (Å²) < 4.78 is 5.90. The summed E-state index contributed by atoms with van der Waals surface area (Å²) in [5, 5.41) is 3.45. The number of H-pyrrole nitrogens is 1. The van der Waals surface area contributed by atoms with Crippen molar-refractivity contribution in [2.75, 3.05) is 19.7 Å². The molecule has 4 aromatic rings. The molecule has 0 aliphatic heterocycles. The molecular formula is C29H33N3O. The van der Waals surface area contributed by atoms with Crippen molar-refractivity contribution in [3.05, 3.63) is 84.9 Å². The minimum absolute atomic E-state index is 0.671. The number of benzene rings is 3. The molecule has 0 fully saturated rings. The molecule has 1 heterocycles. The summed E-state index contributed by atoms with van der Waals surface area (Å²) in [5.74, 6) is 1.73. The smallest absolute Gasteiger partial charge is 0.138 e. The van der Waals surface area contributed by atoms with Gasteiger partial charge in [-0.25, -0.2) is 4.98 Å². The van der Waals surface area contributed by atoms with Gasteiger partial charge >= 0.3 is 0 Å². The van der Waals surface area contributed by atoms with Crippen molar-refractivity contribution in [3.63, 3.8) is 0 Å². The molecule has 0 spiro atoms. The first-order valence-electron chi connectivity index (χ1n) is 12.0. The maximum Gasteiger partial charge on any atom is 0.138 e. The molecule has 170 valence electrons. The molecule has 4 heteroatoms. The number of ether oxygens (including phenoxy) is 1. The average Bonchev–Trinajstić information content (AvgIpc) is 3.33. The van der Waals surface area contributed by atoms with E-state index >= 15 is 0 Å². The van der Waals surface area contributed by atoms with Crippen LogP contribution in [0.3, 0.4) is 0 Å². The molecular weight excluding hydrogens is 406 g/mol. The summed E-state index contributed by atoms with van der Waals surface area (Å²) in [4.78, 5) is 8.52. The summed E-state index contributed by atoms with van der Waals surface area (Å²) in [6.45, 7) is 4.84. The Bertz CT molecular complexity index is 1030. The van der Waals surface area contributed by atoms with E-state index in [4.69, 9.17) is 9.72 Å². The highest BCUT2D eigenvalue weighted by molar-refractivity contribution is 5.81. The SMILES string of the molecule is CCCCCCNCCOc1ccc(-c2nc(-c3ccccc3)c(-c3ccccc3)[nH]2)cc1. The second kappa shape index (κ2) is 12.0. The van der Waals surface area contributed by atoms with Gasteiger partial charge in [-0.3, -0.25) is 0 Å². The zero-order chi connectivity index (χ0) is 22.7. The summed E-state index contributed by atoms with van der Waals surface area (Å²) in [5.41, 5.74) is 5.25. The van der Waals surface area contributed by atoms with Crippen LogP contribution in [0.1, 0.15) is 32.6 Å². The normalized spacial score (nSPS) is 10.9. The number of aromatic nitrogens is 2. The van der Waals surface area contributed by atoms with E-state index in [9.17, 15) is 0 Å². The average molecular weight is 440 g/mol. The van der Waals surface area contributed by atoms with Gasteiger partial charge < -0.3 is 15.0 Å². The van der Waals surface area contributed by atoms with Gasteiger partial charge in [0.05, 0.1) is 11.4 Å². The van der Waals surface area contributed by atoms with Crippen LogP contribution in [0.15, 0.2) is 84.9 Å². The molecule has 3 aromatic carbocycles. The van der Waals surface area contributed by atoms with Crippen molar-refractivity contribution >= 4 is 0 Å². The van der Waals surface area contributed by atoms with Gasteiger partial charge in [0, 0.05) is 23.2 Å². The molecule has 33 heavy (non-hydrogen) atoms. The molecule has 0 aliphatic carbocycles. The van der Waals surface area contributed by atoms with Crippen molar-refractivity contribution in [1.29, 1.82) is 0 Å². The molecule has 0 atom stereocenters. The van der Waals surface area contributed by atoms with Crippen molar-refractivity contribution in [2.45, 2.75) is 32.6 Å². The Kier molecular flexibility index (Phi) is 8.31. The lowest BCUT2D eigenvalue weighted by Gasteiger charge is -2.08. The zero-order valence-corrected chi connectivity index (χ0v) is 19.4. The lowest BCUT2D eigenvalue weighted by Crippen LogP contribution is -2.22. The largest absolute Gasteiger partial charge is 0.492 e. The Hall–Kier alpha value is -3.37. The van der Waals surface area contributed by atoms with Crippen molar-refractivity contribution in [2.24, 2.45) is 0 Å². The third-order valence-corrected chi connectivity index (χ3v) is 5.70. The van der Waals surface area contributed by atoms with E-state index in [-0.39, 0.29) is 0 Å². The molecule has 2 N–H and O–H groups in total. The van der Waals surface area contributed by atoms with Gasteiger partial charge in [0.2, 0.25) is 0 Å². The molecule has 4 nitrogen and oxygen atoms in total. The number of hydrogen-bond donors (Lipinski definition) is 2. The van der Waals surface area contributed by atoms with E-state index in [2.05, 4.69) is 65.8 Å². The molecule has 0 bridgehead atoms. The van der Waals surface area contributed by atoms with Gasteiger partial charge in [-0.1, -0.05) is 86.8 Å². The fourth-order valence-electron chi connectivity index (χ4n) is 3.88. The first kappa shape index (κ1) is 22.8. The maximum absolute atomic E-state index is 5.90. The molecule has 4 rings (SSSR count). The lowest BCUT2D eigenvalue weighted by atomic mass is 10.1. The van der Waals surface area contributed by atoms with Crippen LogP contribution in [0.2, 0.25) is 0 Å². The van der Waals surface area contributed by atoms with E-state index < -0.39 is 0 Å². The van der Waals surface area contributed by atoms with E-state index in [1.165, 1.54) is 25.7 Å². The number of nitrogens with zero attached hydrogens (tertiary/aromatic N) is 1. The van der Waals surface area contributed by atoms with Gasteiger partial charge in [0.25, 0.3) is 0 Å². The number of nitrogens with one attached hydrogen (secondary N) is 2. The molecule has 0 saturated carbocycles. The van der Waals surface area contributed by atoms with Crippen molar-refractivity contribution < 1.29 is 4.74 Å². The van der Waals surface area contributed by atoms with Gasteiger partial charge in [-0.15, -0.1) is 0 Å². The van der Waals surface area contributed by atoms with Crippen LogP contribution in [0, 0.1) is 0 Å². The molecule has 0 saturated heterocycles. The first-order chi connectivity index (χ1) is 16.3. The van der Waals surface area contributed by atoms with Crippen LogP contribution in [-0.2, 0) is 0 Å². The Morgan fingerprint density at radius 3 is 2.12 bits per heavy atom. The van der Waals surface area contributed by atoms with Gasteiger partial charge in [-0.05, 0) is 37.2 Å². The van der Waals surface area contributed by atoms with Crippen LogP contribution >= 0.6 is 0 Å². The molecule has 0 radical (unpaired) electrons. The van der Waals surface area contributed by atoms with Crippen LogP contribution in [0.4, 0.5) is 0 Å². The molecule has 0 aliphatic rings. The Labute approximate surface area is 197 Å². The third-order valence-electron chi connectivity index (χ3n) is 5.70. The van der Waals surface area contributed by atoms with Crippen LogP contribution < -0.4 is 10.1 Å². The topological polar surface area (TPSA) is 49.9 Å². The number of hydrogen-bond acceptors (Lipinski definition) is 3. The number of aromatic amines is 1. The number of rotatable bonds is 12. The van der Waals surface area contributed by atoms with E-state index in [0.29, 0.717) is 6.61 Å². The summed E-state index contributed by atoms with van der Waals surface area (Å²) >= 11 is 0. The third kappa shape index (κ3) is 6.33. The summed E-state index contributed by atoms with van der Waals surface area (Å²) in [6, 6.07) is 28.8. The Balaban J connectivity index is 1.42. The van der Waals surface area contributed by atoms with Crippen molar-refractivity contribution in [3.8, 4) is 39.7 Å². The summed E-state index contributed by atoms with van der Waals surface area (Å²) in [7, 11) is 0. The van der Waals surface area contributed by atoms with Gasteiger partial charge in [0.1, 0.15) is 18.2 Å². The second-order valence-electron chi connectivity index (χ2n) is 8.22. The highest BCUT2D eigenvalue weighted by atomic mass is 16.5. The minimum atomic E-state index is 0.671. The van der Waals surface area contributed by atoms with Crippen LogP contribution in [0.25, 0.3) is 33.9 Å². The van der Waals surface area contributed by atoms with Crippen LogP contribution in [0.5, 0.6) is 5.75 Å². The quantitative estimate of drug-likeness (QED) is 0.235. The fourth-order valence-corrected chi connectivity index (χ4v) is 3.88. The van der Waals surface area contributed by atoms with E-state index in [0.717, 1.165) is 52.7 Å². The van der Waals surface area contributed by atoms with Crippen molar-refractivity contribution in [1.82, 2.24) is 15.3 Å². The standard InChI is InChI=1S/C29H33N3O/c1-2-3-4-11-20-30-21-22-33-26-18-16-25(17-19-26)29-31-27(23-12-7-5-8-13-23)28(32-29)24-14-9-6-10-15-24/h5-10,12-19,30H,2-4,11,20-22H2,1H3,(H,31,32).